The van der Waals surface area contributed by atoms with E-state index >= 15 is 0 Å². The van der Waals surface area contributed by atoms with Crippen LogP contribution >= 0.6 is 11.6 Å². The van der Waals surface area contributed by atoms with Crippen LogP contribution in [-0.4, -0.2) is 11.4 Å². The molecule has 0 saturated heterocycles. The molecular formula is C9H9ClF4N2. The largest absolute Gasteiger partial charge is 0.338 e. The van der Waals surface area contributed by atoms with Gasteiger partial charge in [-0.2, -0.15) is 8.78 Å². The molecule has 90 valence electrons. The Morgan fingerprint density at radius 2 is 1.81 bits per heavy atom. The van der Waals surface area contributed by atoms with Crippen LogP contribution in [0.3, 0.4) is 0 Å². The summed E-state index contributed by atoms with van der Waals surface area (Å²) in [5.41, 5.74) is 1.25. The fourth-order valence-electron chi connectivity index (χ4n) is 1.20. The molecule has 0 aliphatic rings. The van der Waals surface area contributed by atoms with Gasteiger partial charge in [-0.1, -0.05) is 6.07 Å². The Morgan fingerprint density at radius 1 is 1.31 bits per heavy atom. The van der Waals surface area contributed by atoms with Crippen molar-refractivity contribution in [1.82, 2.24) is 5.43 Å². The second-order valence-electron chi connectivity index (χ2n) is 3.17. The van der Waals surface area contributed by atoms with Crippen molar-refractivity contribution < 1.29 is 17.6 Å². The molecule has 7 heteroatoms. The Bertz CT molecular complexity index is 347. The molecule has 0 bridgehead atoms. The maximum atomic E-state index is 13.1. The van der Waals surface area contributed by atoms with Gasteiger partial charge in [0.25, 0.3) is 0 Å². The zero-order valence-electron chi connectivity index (χ0n) is 7.98. The number of benzene rings is 1. The maximum absolute atomic E-state index is 13.1. The topological polar surface area (TPSA) is 38.0 Å². The van der Waals surface area contributed by atoms with E-state index in [2.05, 4.69) is 0 Å². The fraction of sp³-hybridized carbons (Fsp3) is 0.333. The molecule has 0 fully saturated rings. The van der Waals surface area contributed by atoms with E-state index < -0.39 is 35.0 Å². The van der Waals surface area contributed by atoms with Gasteiger partial charge in [0.1, 0.15) is 17.7 Å². The van der Waals surface area contributed by atoms with Crippen LogP contribution in [0.15, 0.2) is 18.2 Å². The average Bonchev–Trinajstić information content (AvgIpc) is 2.15. The van der Waals surface area contributed by atoms with Crippen LogP contribution in [0.5, 0.6) is 0 Å². The molecule has 0 radical (unpaired) electrons. The minimum atomic E-state index is -3.69. The second kappa shape index (κ2) is 4.99. The summed E-state index contributed by atoms with van der Waals surface area (Å²) in [5.74, 6) is 3.02. The molecule has 2 nitrogen and oxygen atoms in total. The van der Waals surface area contributed by atoms with Crippen molar-refractivity contribution in [2.75, 3.05) is 0 Å². The molecular weight excluding hydrogens is 248 g/mol. The van der Waals surface area contributed by atoms with Crippen LogP contribution < -0.4 is 11.3 Å². The molecule has 1 rings (SSSR count). The average molecular weight is 257 g/mol. The van der Waals surface area contributed by atoms with E-state index in [1.807, 2.05) is 0 Å². The molecule has 3 N–H and O–H groups in total. The highest BCUT2D eigenvalue weighted by atomic mass is 35.5. The van der Waals surface area contributed by atoms with Gasteiger partial charge in [0.2, 0.25) is 0 Å². The summed E-state index contributed by atoms with van der Waals surface area (Å²) in [7, 11) is 0. The third-order valence-corrected chi connectivity index (χ3v) is 2.33. The number of rotatable bonds is 4. The molecule has 0 aromatic heterocycles. The van der Waals surface area contributed by atoms with Gasteiger partial charge in [-0.3, -0.25) is 5.84 Å². The molecule has 0 spiro atoms. The number of alkyl halides is 3. The van der Waals surface area contributed by atoms with Gasteiger partial charge in [-0.15, -0.1) is 0 Å². The molecule has 1 unspecified atom stereocenters. The second-order valence-corrected chi connectivity index (χ2v) is 3.67. The first-order valence-corrected chi connectivity index (χ1v) is 4.69. The summed E-state index contributed by atoms with van der Waals surface area (Å²) in [6, 6.07) is 1.33. The Hall–Kier alpha value is -0.850. The molecule has 0 aliphatic heterocycles. The van der Waals surface area contributed by atoms with E-state index in [1.54, 1.807) is 5.43 Å². The minimum Gasteiger partial charge on any atom is -0.271 e. The van der Waals surface area contributed by atoms with E-state index in [1.165, 1.54) is 0 Å². The molecule has 1 atom stereocenters. The highest BCUT2D eigenvalue weighted by molar-refractivity contribution is 6.22. The summed E-state index contributed by atoms with van der Waals surface area (Å²) < 4.78 is 51.7. The zero-order chi connectivity index (χ0) is 12.3. The zero-order valence-corrected chi connectivity index (χ0v) is 8.74. The van der Waals surface area contributed by atoms with Crippen molar-refractivity contribution in [1.29, 1.82) is 0 Å². The molecule has 0 saturated carbocycles. The van der Waals surface area contributed by atoms with Crippen molar-refractivity contribution in [2.45, 2.75) is 17.8 Å². The van der Waals surface area contributed by atoms with Crippen LogP contribution in [-0.2, 0) is 6.42 Å². The number of nitrogens with one attached hydrogen (secondary N) is 1. The van der Waals surface area contributed by atoms with Crippen LogP contribution in [0.4, 0.5) is 17.6 Å². The highest BCUT2D eigenvalue weighted by Crippen LogP contribution is 2.27. The van der Waals surface area contributed by atoms with E-state index in [0.717, 1.165) is 18.2 Å². The lowest BCUT2D eigenvalue weighted by atomic mass is 10.1. The summed E-state index contributed by atoms with van der Waals surface area (Å²) in [5, 5.41) is -3.69. The third kappa shape index (κ3) is 3.07. The van der Waals surface area contributed by atoms with E-state index in [0.29, 0.717) is 0 Å². The van der Waals surface area contributed by atoms with Crippen molar-refractivity contribution >= 4 is 11.6 Å². The van der Waals surface area contributed by atoms with Crippen LogP contribution in [0.25, 0.3) is 0 Å². The smallest absolute Gasteiger partial charge is 0.271 e. The normalized spacial score (nSPS) is 13.9. The van der Waals surface area contributed by atoms with E-state index in [-0.39, 0.29) is 0 Å². The Labute approximate surface area is 94.4 Å². The summed E-state index contributed by atoms with van der Waals surface area (Å²) in [6.07, 6.45) is -0.647. The first-order valence-electron chi connectivity index (χ1n) is 4.32. The summed E-state index contributed by atoms with van der Waals surface area (Å²) in [6.45, 7) is 0. The lowest BCUT2D eigenvalue weighted by Crippen LogP contribution is -2.47. The number of halogens is 5. The van der Waals surface area contributed by atoms with E-state index in [9.17, 15) is 17.6 Å². The highest BCUT2D eigenvalue weighted by Gasteiger charge is 2.37. The van der Waals surface area contributed by atoms with Gasteiger partial charge < -0.3 is 0 Å². The van der Waals surface area contributed by atoms with Crippen LogP contribution in [0, 0.1) is 11.6 Å². The van der Waals surface area contributed by atoms with Crippen LogP contribution in [0.2, 0.25) is 0 Å². The van der Waals surface area contributed by atoms with Crippen LogP contribution in [0.1, 0.15) is 5.56 Å². The number of hydrogen-bond donors (Lipinski definition) is 2. The van der Waals surface area contributed by atoms with E-state index in [4.69, 9.17) is 17.4 Å². The summed E-state index contributed by atoms with van der Waals surface area (Å²) in [4.78, 5) is 0. The lowest BCUT2D eigenvalue weighted by Gasteiger charge is -2.20. The maximum Gasteiger partial charge on any atom is 0.338 e. The Morgan fingerprint density at radius 3 is 2.19 bits per heavy atom. The monoisotopic (exact) mass is 256 g/mol. The molecule has 1 aromatic carbocycles. The molecule has 0 heterocycles. The first kappa shape index (κ1) is 13.2. The van der Waals surface area contributed by atoms with Gasteiger partial charge in [0.05, 0.1) is 0 Å². The molecule has 1 aromatic rings. The first-order chi connectivity index (χ1) is 7.36. The molecule has 0 amide bonds. The lowest BCUT2D eigenvalue weighted by molar-refractivity contribution is 0.0496. The fourth-order valence-corrected chi connectivity index (χ4v) is 1.34. The quantitative estimate of drug-likeness (QED) is 0.375. The van der Waals surface area contributed by atoms with Gasteiger partial charge >= 0.3 is 5.38 Å². The minimum absolute atomic E-state index is 0.481. The predicted molar refractivity (Wildman–Crippen MR) is 52.0 cm³/mol. The van der Waals surface area contributed by atoms with Gasteiger partial charge in [-0.25, -0.2) is 14.2 Å². The number of hydrogen-bond acceptors (Lipinski definition) is 2. The third-order valence-electron chi connectivity index (χ3n) is 2.07. The summed E-state index contributed by atoms with van der Waals surface area (Å²) >= 11 is 4.73. The molecule has 16 heavy (non-hydrogen) atoms. The SMILES string of the molecule is NNC(Cc1c(F)cccc1F)C(F)(F)Cl. The van der Waals surface area contributed by atoms with Gasteiger partial charge in [0.15, 0.2) is 0 Å². The Kier molecular flexibility index (Phi) is 4.12. The van der Waals surface area contributed by atoms with Crippen molar-refractivity contribution in [2.24, 2.45) is 5.84 Å². The van der Waals surface area contributed by atoms with Crippen molar-refractivity contribution in [3.05, 3.63) is 35.4 Å². The van der Waals surface area contributed by atoms with Gasteiger partial charge in [0, 0.05) is 12.0 Å². The predicted octanol–water partition coefficient (Wildman–Crippen LogP) is 2.17. The van der Waals surface area contributed by atoms with Gasteiger partial charge in [-0.05, 0) is 23.7 Å². The standard InChI is InChI=1S/C9H9ClF4N2/c10-9(13,14)8(16-15)4-5-6(11)2-1-3-7(5)12/h1-3,8,16H,4,15H2. The number of hydrazine groups is 1. The van der Waals surface area contributed by atoms with Crippen molar-refractivity contribution in [3.63, 3.8) is 0 Å². The number of nitrogens with two attached hydrogens (primary N) is 1. The Balaban J connectivity index is 2.95. The van der Waals surface area contributed by atoms with Crippen molar-refractivity contribution in [3.8, 4) is 0 Å². The molecule has 0 aliphatic carbocycles.